The van der Waals surface area contributed by atoms with E-state index >= 15 is 0 Å². The second-order valence-electron chi connectivity index (χ2n) is 3.95. The van der Waals surface area contributed by atoms with Gasteiger partial charge in [-0.15, -0.1) is 11.8 Å². The van der Waals surface area contributed by atoms with Crippen LogP contribution in [0.3, 0.4) is 0 Å². The zero-order valence-corrected chi connectivity index (χ0v) is 12.7. The second-order valence-corrected chi connectivity index (χ2v) is 5.28. The summed E-state index contributed by atoms with van der Waals surface area (Å²) in [4.78, 5) is 23.1. The summed E-state index contributed by atoms with van der Waals surface area (Å²) in [6, 6.07) is 7.23. The number of thioether (sulfide) groups is 1. The molecule has 1 rings (SSSR count). The van der Waals surface area contributed by atoms with Gasteiger partial charge in [-0.3, -0.25) is 9.59 Å². The Kier molecular flexibility index (Phi) is 6.93. The Balaban J connectivity index is 2.52. The second kappa shape index (κ2) is 8.47. The van der Waals surface area contributed by atoms with Crippen molar-refractivity contribution in [2.75, 3.05) is 24.8 Å². The summed E-state index contributed by atoms with van der Waals surface area (Å²) < 4.78 is 10.0. The Morgan fingerprint density at radius 3 is 2.70 bits per heavy atom. The molecule has 0 fully saturated rings. The number of esters is 1. The lowest BCUT2D eigenvalue weighted by atomic mass is 10.3. The summed E-state index contributed by atoms with van der Waals surface area (Å²) >= 11 is 1.23. The molecule has 0 aromatic heterocycles. The minimum absolute atomic E-state index is 0.177. The first-order chi connectivity index (χ1) is 9.58. The third-order valence-electron chi connectivity index (χ3n) is 2.46. The van der Waals surface area contributed by atoms with Gasteiger partial charge in [0.1, 0.15) is 11.0 Å². The van der Waals surface area contributed by atoms with Crippen LogP contribution < -0.4 is 10.1 Å². The molecule has 0 aliphatic heterocycles. The molecule has 0 spiro atoms. The molecular formula is C14H19NO4S. The van der Waals surface area contributed by atoms with Crippen molar-refractivity contribution in [1.29, 1.82) is 0 Å². The molecule has 1 aromatic rings. The summed E-state index contributed by atoms with van der Waals surface area (Å²) in [7, 11) is 1.33. The molecule has 1 N–H and O–H groups in total. The highest BCUT2D eigenvalue weighted by Crippen LogP contribution is 2.24. The van der Waals surface area contributed by atoms with Gasteiger partial charge in [0, 0.05) is 0 Å². The zero-order chi connectivity index (χ0) is 15.0. The highest BCUT2D eigenvalue weighted by molar-refractivity contribution is 8.01. The van der Waals surface area contributed by atoms with Gasteiger partial charge in [-0.1, -0.05) is 12.1 Å². The van der Waals surface area contributed by atoms with Crippen molar-refractivity contribution in [3.63, 3.8) is 0 Å². The predicted molar refractivity (Wildman–Crippen MR) is 80.2 cm³/mol. The van der Waals surface area contributed by atoms with Crippen molar-refractivity contribution in [2.24, 2.45) is 0 Å². The summed E-state index contributed by atoms with van der Waals surface area (Å²) in [5, 5.41) is 2.40. The lowest BCUT2D eigenvalue weighted by molar-refractivity contribution is -0.139. The zero-order valence-electron chi connectivity index (χ0n) is 11.8. The molecular weight excluding hydrogens is 278 g/mol. The first-order valence-electron chi connectivity index (χ1n) is 6.29. The summed E-state index contributed by atoms with van der Waals surface area (Å²) in [6.07, 6.45) is 0. The minimum Gasteiger partial charge on any atom is -0.492 e. The summed E-state index contributed by atoms with van der Waals surface area (Å²) in [5.41, 5.74) is 0.630. The topological polar surface area (TPSA) is 64.6 Å². The number of nitrogens with one attached hydrogen (secondary N) is 1. The van der Waals surface area contributed by atoms with E-state index < -0.39 is 0 Å². The van der Waals surface area contributed by atoms with Gasteiger partial charge in [0.2, 0.25) is 5.91 Å². The van der Waals surface area contributed by atoms with Gasteiger partial charge in [0.25, 0.3) is 0 Å². The quantitative estimate of drug-likeness (QED) is 0.782. The maximum atomic E-state index is 11.8. The number of hydrogen-bond donors (Lipinski definition) is 1. The maximum Gasteiger partial charge on any atom is 0.318 e. The van der Waals surface area contributed by atoms with Crippen molar-refractivity contribution >= 4 is 29.3 Å². The van der Waals surface area contributed by atoms with Gasteiger partial charge < -0.3 is 14.8 Å². The van der Waals surface area contributed by atoms with E-state index in [2.05, 4.69) is 10.1 Å². The molecule has 0 radical (unpaired) electrons. The van der Waals surface area contributed by atoms with Crippen LogP contribution in [0.25, 0.3) is 0 Å². The van der Waals surface area contributed by atoms with Crippen molar-refractivity contribution in [3.8, 4) is 5.75 Å². The Morgan fingerprint density at radius 1 is 1.35 bits per heavy atom. The smallest absolute Gasteiger partial charge is 0.318 e. The minimum atomic E-state index is -0.368. The number of hydrogen-bond acceptors (Lipinski definition) is 5. The normalized spacial score (nSPS) is 11.6. The lowest BCUT2D eigenvalue weighted by Gasteiger charge is -2.12. The lowest BCUT2D eigenvalue weighted by Crippen LogP contribution is -2.20. The number of rotatable bonds is 7. The van der Waals surface area contributed by atoms with Crippen LogP contribution in [-0.4, -0.2) is 36.6 Å². The van der Waals surface area contributed by atoms with E-state index in [1.807, 2.05) is 19.1 Å². The first kappa shape index (κ1) is 16.4. The van der Waals surface area contributed by atoms with Crippen LogP contribution in [0.15, 0.2) is 24.3 Å². The van der Waals surface area contributed by atoms with Crippen LogP contribution in [0.4, 0.5) is 5.69 Å². The highest BCUT2D eigenvalue weighted by atomic mass is 32.2. The average Bonchev–Trinajstić information content (AvgIpc) is 2.46. The fraction of sp³-hybridized carbons (Fsp3) is 0.429. The number of benzene rings is 1. The Morgan fingerprint density at radius 2 is 2.05 bits per heavy atom. The van der Waals surface area contributed by atoms with Crippen LogP contribution in [0, 0.1) is 0 Å². The van der Waals surface area contributed by atoms with Crippen LogP contribution in [0.1, 0.15) is 13.8 Å². The molecule has 0 heterocycles. The number of ether oxygens (including phenoxy) is 2. The van der Waals surface area contributed by atoms with Gasteiger partial charge in [-0.25, -0.2) is 0 Å². The Hall–Kier alpha value is -1.69. The first-order valence-corrected chi connectivity index (χ1v) is 7.34. The van der Waals surface area contributed by atoms with E-state index in [9.17, 15) is 9.59 Å². The van der Waals surface area contributed by atoms with Gasteiger partial charge >= 0.3 is 5.97 Å². The van der Waals surface area contributed by atoms with E-state index in [4.69, 9.17) is 4.74 Å². The maximum absolute atomic E-state index is 11.8. The summed E-state index contributed by atoms with van der Waals surface area (Å²) in [6.45, 7) is 4.12. The van der Waals surface area contributed by atoms with Crippen molar-refractivity contribution < 1.29 is 19.1 Å². The molecule has 1 atom stereocenters. The Bertz CT molecular complexity index is 464. The molecule has 6 heteroatoms. The number of carbonyl (C=O) groups excluding carboxylic acids is 2. The molecule has 110 valence electrons. The fourth-order valence-corrected chi connectivity index (χ4v) is 2.18. The number of para-hydroxylation sites is 2. The number of amides is 1. The van der Waals surface area contributed by atoms with E-state index in [1.165, 1.54) is 18.9 Å². The van der Waals surface area contributed by atoms with E-state index in [0.717, 1.165) is 0 Å². The van der Waals surface area contributed by atoms with Gasteiger partial charge in [-0.05, 0) is 26.0 Å². The van der Waals surface area contributed by atoms with Crippen LogP contribution in [0.5, 0.6) is 5.75 Å². The van der Waals surface area contributed by atoms with Gasteiger partial charge in [0.15, 0.2) is 0 Å². The summed E-state index contributed by atoms with van der Waals surface area (Å²) in [5.74, 6) is 0.293. The van der Waals surface area contributed by atoms with E-state index in [0.29, 0.717) is 18.0 Å². The van der Waals surface area contributed by atoms with Gasteiger partial charge in [-0.2, -0.15) is 0 Å². The van der Waals surface area contributed by atoms with E-state index in [1.54, 1.807) is 19.1 Å². The molecule has 5 nitrogen and oxygen atoms in total. The van der Waals surface area contributed by atoms with Gasteiger partial charge in [0.05, 0.1) is 25.2 Å². The number of anilines is 1. The molecule has 0 saturated carbocycles. The fourth-order valence-electron chi connectivity index (χ4n) is 1.47. The molecule has 1 unspecified atom stereocenters. The Labute approximate surface area is 123 Å². The highest BCUT2D eigenvalue weighted by Gasteiger charge is 2.16. The molecule has 0 aliphatic rings. The van der Waals surface area contributed by atoms with E-state index in [-0.39, 0.29) is 22.9 Å². The van der Waals surface area contributed by atoms with Crippen molar-refractivity contribution in [1.82, 2.24) is 0 Å². The van der Waals surface area contributed by atoms with Crippen molar-refractivity contribution in [3.05, 3.63) is 24.3 Å². The molecule has 1 aromatic carbocycles. The third kappa shape index (κ3) is 5.13. The van der Waals surface area contributed by atoms with Crippen molar-refractivity contribution in [2.45, 2.75) is 19.1 Å². The molecule has 1 amide bonds. The molecule has 20 heavy (non-hydrogen) atoms. The third-order valence-corrected chi connectivity index (χ3v) is 3.58. The van der Waals surface area contributed by atoms with Crippen LogP contribution >= 0.6 is 11.8 Å². The number of carbonyl (C=O) groups is 2. The molecule has 0 bridgehead atoms. The molecule has 0 aliphatic carbocycles. The van der Waals surface area contributed by atoms with Crippen LogP contribution in [0.2, 0.25) is 0 Å². The van der Waals surface area contributed by atoms with Crippen LogP contribution in [-0.2, 0) is 14.3 Å². The monoisotopic (exact) mass is 297 g/mol. The molecule has 0 saturated heterocycles. The average molecular weight is 297 g/mol. The largest absolute Gasteiger partial charge is 0.492 e. The SMILES string of the molecule is CCOc1ccccc1NC(=O)CSC(C)C(=O)OC. The standard InChI is InChI=1S/C14H19NO4S/c1-4-19-12-8-6-5-7-11(12)15-13(16)9-20-10(2)14(17)18-3/h5-8,10H,4,9H2,1-3H3,(H,15,16). The predicted octanol–water partition coefficient (Wildman–Crippen LogP) is 2.32. The number of methoxy groups -OCH3 is 1.